The Bertz CT molecular complexity index is 394. The van der Waals surface area contributed by atoms with Crippen molar-refractivity contribution in [2.75, 3.05) is 25.6 Å². The number of rotatable bonds is 4. The van der Waals surface area contributed by atoms with Gasteiger partial charge in [-0.15, -0.1) is 0 Å². The van der Waals surface area contributed by atoms with Crippen molar-refractivity contribution in [2.45, 2.75) is 25.4 Å². The van der Waals surface area contributed by atoms with Crippen molar-refractivity contribution < 1.29 is 9.47 Å². The first-order valence-corrected chi connectivity index (χ1v) is 5.95. The van der Waals surface area contributed by atoms with Gasteiger partial charge in [-0.2, -0.15) is 0 Å². The van der Waals surface area contributed by atoms with E-state index in [0.717, 1.165) is 19.4 Å². The van der Waals surface area contributed by atoms with Gasteiger partial charge in [-0.3, -0.25) is 0 Å². The normalized spacial score (nSPS) is 23.7. The number of nitrogens with zero attached hydrogens (tertiary/aromatic N) is 2. The monoisotopic (exact) mass is 257 g/mol. The highest BCUT2D eigenvalue weighted by molar-refractivity contribution is 6.31. The zero-order valence-corrected chi connectivity index (χ0v) is 10.8. The molecule has 1 fully saturated rings. The van der Waals surface area contributed by atoms with Gasteiger partial charge in [0.05, 0.1) is 12.7 Å². The summed E-state index contributed by atoms with van der Waals surface area (Å²) in [7, 11) is 1.55. The lowest BCUT2D eigenvalue weighted by molar-refractivity contribution is 0.0314. The summed E-state index contributed by atoms with van der Waals surface area (Å²) in [4.78, 5) is 7.98. The second kappa shape index (κ2) is 5.06. The maximum absolute atomic E-state index is 5.91. The highest BCUT2D eigenvalue weighted by Gasteiger charge is 2.30. The molecule has 0 aromatic carbocycles. The van der Waals surface area contributed by atoms with Crippen molar-refractivity contribution in [3.63, 3.8) is 0 Å². The fourth-order valence-electron chi connectivity index (χ4n) is 1.91. The Labute approximate surface area is 105 Å². The van der Waals surface area contributed by atoms with Crippen LogP contribution in [0.3, 0.4) is 0 Å². The first-order valence-electron chi connectivity index (χ1n) is 5.57. The number of ether oxygens (including phenoxy) is 2. The number of anilines is 1. The third-order valence-electron chi connectivity index (χ3n) is 2.89. The number of hydrogen-bond donors (Lipinski definition) is 1. The van der Waals surface area contributed by atoms with Crippen molar-refractivity contribution in [1.82, 2.24) is 9.97 Å². The first kappa shape index (κ1) is 12.4. The minimum absolute atomic E-state index is 0.136. The average molecular weight is 258 g/mol. The van der Waals surface area contributed by atoms with Gasteiger partial charge in [0.25, 0.3) is 0 Å². The van der Waals surface area contributed by atoms with E-state index in [1.165, 1.54) is 6.33 Å². The van der Waals surface area contributed by atoms with Gasteiger partial charge >= 0.3 is 0 Å². The molecule has 0 bridgehead atoms. The Morgan fingerprint density at radius 1 is 1.59 bits per heavy atom. The molecule has 2 heterocycles. The predicted octanol–water partition coefficient (Wildman–Crippen LogP) is 2.12. The molecule has 1 unspecified atom stereocenters. The lowest BCUT2D eigenvalue weighted by atomic mass is 10.0. The Kier molecular flexibility index (Phi) is 3.69. The summed E-state index contributed by atoms with van der Waals surface area (Å²) in [5.74, 6) is 1.07. The highest BCUT2D eigenvalue weighted by atomic mass is 35.5. The molecule has 1 aromatic rings. The van der Waals surface area contributed by atoms with Crippen LogP contribution in [0, 0.1) is 0 Å². The second-order valence-electron chi connectivity index (χ2n) is 4.30. The Morgan fingerprint density at radius 3 is 3.06 bits per heavy atom. The van der Waals surface area contributed by atoms with E-state index in [1.807, 2.05) is 0 Å². The van der Waals surface area contributed by atoms with Crippen LogP contribution >= 0.6 is 11.6 Å². The van der Waals surface area contributed by atoms with Crippen molar-refractivity contribution in [2.24, 2.45) is 0 Å². The van der Waals surface area contributed by atoms with E-state index in [4.69, 9.17) is 21.1 Å². The van der Waals surface area contributed by atoms with Gasteiger partial charge < -0.3 is 14.8 Å². The molecule has 1 saturated heterocycles. The second-order valence-corrected chi connectivity index (χ2v) is 4.66. The summed E-state index contributed by atoms with van der Waals surface area (Å²) in [6.45, 7) is 3.58. The molecule has 0 radical (unpaired) electrons. The first-order chi connectivity index (χ1) is 8.14. The Hall–Kier alpha value is -1.07. The van der Waals surface area contributed by atoms with Crippen LogP contribution in [0.5, 0.6) is 5.75 Å². The molecule has 0 saturated carbocycles. The van der Waals surface area contributed by atoms with Crippen LogP contribution < -0.4 is 10.1 Å². The van der Waals surface area contributed by atoms with E-state index in [0.29, 0.717) is 23.3 Å². The van der Waals surface area contributed by atoms with E-state index in [9.17, 15) is 0 Å². The quantitative estimate of drug-likeness (QED) is 0.838. The third-order valence-corrected chi connectivity index (χ3v) is 3.16. The molecule has 1 N–H and O–H groups in total. The van der Waals surface area contributed by atoms with Crippen LogP contribution in [0.4, 0.5) is 5.82 Å². The molecule has 1 atom stereocenters. The summed E-state index contributed by atoms with van der Waals surface area (Å²) in [5, 5.41) is 3.51. The molecule has 2 rings (SSSR count). The van der Waals surface area contributed by atoms with Crippen LogP contribution in [0.15, 0.2) is 6.33 Å². The average Bonchev–Trinajstić information content (AvgIpc) is 2.74. The summed E-state index contributed by atoms with van der Waals surface area (Å²) >= 11 is 5.91. The topological polar surface area (TPSA) is 56.3 Å². The molecule has 17 heavy (non-hydrogen) atoms. The van der Waals surface area contributed by atoms with Gasteiger partial charge in [0.1, 0.15) is 6.33 Å². The highest BCUT2D eigenvalue weighted by Crippen LogP contribution is 2.30. The molecule has 1 aromatic heterocycles. The van der Waals surface area contributed by atoms with Gasteiger partial charge in [-0.1, -0.05) is 11.6 Å². The molecule has 0 amide bonds. The lowest BCUT2D eigenvalue weighted by Crippen LogP contribution is -2.32. The van der Waals surface area contributed by atoms with Gasteiger partial charge in [0.2, 0.25) is 0 Å². The minimum Gasteiger partial charge on any atom is -0.490 e. The van der Waals surface area contributed by atoms with E-state index in [2.05, 4.69) is 22.2 Å². The van der Waals surface area contributed by atoms with Crippen molar-refractivity contribution >= 4 is 17.4 Å². The van der Waals surface area contributed by atoms with Crippen LogP contribution in [0.25, 0.3) is 0 Å². The molecular formula is C11H16ClN3O2. The zero-order valence-electron chi connectivity index (χ0n) is 9.99. The Morgan fingerprint density at radius 2 is 2.41 bits per heavy atom. The predicted molar refractivity (Wildman–Crippen MR) is 65.7 cm³/mol. The van der Waals surface area contributed by atoms with Gasteiger partial charge in [-0.25, -0.2) is 9.97 Å². The Balaban J connectivity index is 2.06. The summed E-state index contributed by atoms with van der Waals surface area (Å²) in [6, 6.07) is 0. The summed E-state index contributed by atoms with van der Waals surface area (Å²) in [5.41, 5.74) is -0.136. The van der Waals surface area contributed by atoms with Crippen molar-refractivity contribution in [1.29, 1.82) is 0 Å². The fraction of sp³-hybridized carbons (Fsp3) is 0.636. The molecule has 0 spiro atoms. The van der Waals surface area contributed by atoms with Gasteiger partial charge in [0, 0.05) is 13.2 Å². The van der Waals surface area contributed by atoms with Crippen LogP contribution in [0.2, 0.25) is 5.15 Å². The molecular weight excluding hydrogens is 242 g/mol. The van der Waals surface area contributed by atoms with Gasteiger partial charge in [0.15, 0.2) is 16.7 Å². The smallest absolute Gasteiger partial charge is 0.198 e. The van der Waals surface area contributed by atoms with E-state index < -0.39 is 0 Å². The lowest BCUT2D eigenvalue weighted by Gasteiger charge is -2.24. The van der Waals surface area contributed by atoms with E-state index in [1.54, 1.807) is 7.11 Å². The standard InChI is InChI=1S/C11H16ClN3O2/c1-11(4-3-5-17-11)6-13-10-8(16-2)9(12)14-7-15-10/h7H,3-6H2,1-2H3,(H,13,14,15). The van der Waals surface area contributed by atoms with Crippen molar-refractivity contribution in [3.05, 3.63) is 11.5 Å². The van der Waals surface area contributed by atoms with E-state index in [-0.39, 0.29) is 5.60 Å². The van der Waals surface area contributed by atoms with Crippen molar-refractivity contribution in [3.8, 4) is 5.75 Å². The van der Waals surface area contributed by atoms with Crippen LogP contribution in [-0.2, 0) is 4.74 Å². The maximum Gasteiger partial charge on any atom is 0.198 e. The number of halogens is 1. The molecule has 1 aliphatic rings. The summed E-state index contributed by atoms with van der Waals surface area (Å²) < 4.78 is 10.9. The van der Waals surface area contributed by atoms with Crippen LogP contribution in [0.1, 0.15) is 19.8 Å². The minimum atomic E-state index is -0.136. The molecule has 0 aliphatic carbocycles. The number of hydrogen-bond acceptors (Lipinski definition) is 5. The molecule has 6 heteroatoms. The zero-order chi connectivity index (χ0) is 12.3. The fourth-order valence-corrected chi connectivity index (χ4v) is 2.12. The van der Waals surface area contributed by atoms with Crippen LogP contribution in [-0.4, -0.2) is 35.8 Å². The maximum atomic E-state index is 5.91. The van der Waals surface area contributed by atoms with E-state index >= 15 is 0 Å². The molecule has 1 aliphatic heterocycles. The number of methoxy groups -OCH3 is 1. The third kappa shape index (κ3) is 2.79. The summed E-state index contributed by atoms with van der Waals surface area (Å²) in [6.07, 6.45) is 3.55. The van der Waals surface area contributed by atoms with Gasteiger partial charge in [-0.05, 0) is 19.8 Å². The number of nitrogens with one attached hydrogen (secondary N) is 1. The molecule has 5 nitrogen and oxygen atoms in total. The number of aromatic nitrogens is 2. The largest absolute Gasteiger partial charge is 0.490 e. The molecule has 94 valence electrons. The SMILES string of the molecule is COc1c(Cl)ncnc1NCC1(C)CCCO1.